The fourth-order valence-electron chi connectivity index (χ4n) is 1.66. The minimum atomic E-state index is -0.242. The number of carbonyl (C=O) groups is 2. The van der Waals surface area contributed by atoms with Crippen molar-refractivity contribution in [2.24, 2.45) is 0 Å². The summed E-state index contributed by atoms with van der Waals surface area (Å²) < 4.78 is 0. The second kappa shape index (κ2) is 2.75. The predicted octanol–water partition coefficient (Wildman–Crippen LogP) is -1.10. The Bertz CT molecular complexity index is 223. The molecule has 2 heterocycles. The molecule has 0 aromatic heterocycles. The number of rotatable bonds is 1. The summed E-state index contributed by atoms with van der Waals surface area (Å²) in [5.41, 5.74) is 0. The van der Waals surface area contributed by atoms with Gasteiger partial charge in [0.1, 0.15) is 6.54 Å². The largest absolute Gasteiger partial charge is 0.324 e. The van der Waals surface area contributed by atoms with Gasteiger partial charge in [-0.3, -0.25) is 10.1 Å². The molecule has 1 atom stereocenters. The lowest BCUT2D eigenvalue weighted by Crippen LogP contribution is -2.39. The highest BCUT2D eigenvalue weighted by Gasteiger charge is 2.33. The Kier molecular flexibility index (Phi) is 1.73. The Morgan fingerprint density at radius 2 is 2.25 bits per heavy atom. The van der Waals surface area contributed by atoms with Gasteiger partial charge in [-0.25, -0.2) is 4.79 Å². The standard InChI is InChI=1S/C7H11N3O2/c11-6-4-10(7(12)9-6)5-1-2-8-3-5/h5,8H,1-4H2,(H,9,11,12). The second-order valence-corrected chi connectivity index (χ2v) is 3.13. The first kappa shape index (κ1) is 7.54. The summed E-state index contributed by atoms with van der Waals surface area (Å²) >= 11 is 0. The van der Waals surface area contributed by atoms with Crippen LogP contribution >= 0.6 is 0 Å². The van der Waals surface area contributed by atoms with Crippen molar-refractivity contribution in [1.29, 1.82) is 0 Å². The molecule has 2 aliphatic rings. The lowest BCUT2D eigenvalue weighted by atomic mass is 10.2. The predicted molar refractivity (Wildman–Crippen MR) is 41.5 cm³/mol. The van der Waals surface area contributed by atoms with E-state index in [-0.39, 0.29) is 24.5 Å². The van der Waals surface area contributed by atoms with Crippen LogP contribution < -0.4 is 10.6 Å². The number of imide groups is 1. The molecule has 5 heteroatoms. The molecular formula is C7H11N3O2. The first-order valence-corrected chi connectivity index (χ1v) is 4.08. The number of nitrogens with zero attached hydrogens (tertiary/aromatic N) is 1. The molecule has 0 aromatic rings. The molecule has 0 bridgehead atoms. The van der Waals surface area contributed by atoms with Crippen LogP contribution in [0.1, 0.15) is 6.42 Å². The number of amides is 3. The van der Waals surface area contributed by atoms with E-state index in [4.69, 9.17) is 0 Å². The molecule has 2 aliphatic heterocycles. The van der Waals surface area contributed by atoms with E-state index in [0.29, 0.717) is 0 Å². The minimum Gasteiger partial charge on any atom is -0.315 e. The first-order valence-electron chi connectivity index (χ1n) is 4.08. The van der Waals surface area contributed by atoms with E-state index in [1.54, 1.807) is 4.90 Å². The van der Waals surface area contributed by atoms with E-state index in [0.717, 1.165) is 19.5 Å². The topological polar surface area (TPSA) is 61.4 Å². The maximum absolute atomic E-state index is 11.1. The summed E-state index contributed by atoms with van der Waals surface area (Å²) in [4.78, 5) is 23.6. The second-order valence-electron chi connectivity index (χ2n) is 3.13. The van der Waals surface area contributed by atoms with Gasteiger partial charge in [0.15, 0.2) is 0 Å². The summed E-state index contributed by atoms with van der Waals surface area (Å²) in [6.45, 7) is 1.97. The fraction of sp³-hybridized carbons (Fsp3) is 0.714. The van der Waals surface area contributed by atoms with Crippen LogP contribution in [0.3, 0.4) is 0 Å². The zero-order chi connectivity index (χ0) is 8.55. The van der Waals surface area contributed by atoms with Crippen molar-refractivity contribution < 1.29 is 9.59 Å². The monoisotopic (exact) mass is 169 g/mol. The van der Waals surface area contributed by atoms with E-state index < -0.39 is 0 Å². The van der Waals surface area contributed by atoms with Gasteiger partial charge in [-0.05, 0) is 13.0 Å². The molecule has 0 spiro atoms. The maximum Gasteiger partial charge on any atom is 0.324 e. The smallest absolute Gasteiger partial charge is 0.315 e. The van der Waals surface area contributed by atoms with Gasteiger partial charge in [0.2, 0.25) is 5.91 Å². The van der Waals surface area contributed by atoms with E-state index in [9.17, 15) is 9.59 Å². The molecule has 12 heavy (non-hydrogen) atoms. The summed E-state index contributed by atoms with van der Waals surface area (Å²) in [7, 11) is 0. The SMILES string of the molecule is O=C1CN(C2CCNC2)C(=O)N1. The molecule has 2 saturated heterocycles. The highest BCUT2D eigenvalue weighted by Crippen LogP contribution is 2.11. The molecule has 2 N–H and O–H groups in total. The maximum atomic E-state index is 11.1. The minimum absolute atomic E-state index is 0.188. The molecule has 0 radical (unpaired) electrons. The van der Waals surface area contributed by atoms with Gasteiger partial charge in [0, 0.05) is 12.6 Å². The number of carbonyl (C=O) groups excluding carboxylic acids is 2. The van der Waals surface area contributed by atoms with Crippen molar-refractivity contribution in [2.75, 3.05) is 19.6 Å². The quantitative estimate of drug-likeness (QED) is 0.490. The van der Waals surface area contributed by atoms with Gasteiger partial charge in [-0.15, -0.1) is 0 Å². The fourth-order valence-corrected chi connectivity index (χ4v) is 1.66. The van der Waals surface area contributed by atoms with Gasteiger partial charge >= 0.3 is 6.03 Å². The number of urea groups is 1. The summed E-state index contributed by atoms with van der Waals surface area (Å²) in [6.07, 6.45) is 0.945. The first-order chi connectivity index (χ1) is 5.77. The van der Waals surface area contributed by atoms with Crippen molar-refractivity contribution in [3.63, 3.8) is 0 Å². The highest BCUT2D eigenvalue weighted by molar-refractivity contribution is 6.02. The van der Waals surface area contributed by atoms with Gasteiger partial charge in [-0.2, -0.15) is 0 Å². The Labute approximate surface area is 70.1 Å². The van der Waals surface area contributed by atoms with E-state index in [2.05, 4.69) is 10.6 Å². The molecule has 5 nitrogen and oxygen atoms in total. The van der Waals surface area contributed by atoms with Crippen LogP contribution in [0.15, 0.2) is 0 Å². The third kappa shape index (κ3) is 1.16. The molecular weight excluding hydrogens is 158 g/mol. The van der Waals surface area contributed by atoms with Crippen LogP contribution in [0, 0.1) is 0 Å². The Balaban J connectivity index is 2.03. The normalized spacial score (nSPS) is 29.7. The van der Waals surface area contributed by atoms with Crippen LogP contribution in [-0.2, 0) is 4.79 Å². The van der Waals surface area contributed by atoms with Crippen molar-refractivity contribution >= 4 is 11.9 Å². The highest BCUT2D eigenvalue weighted by atomic mass is 16.2. The number of hydrogen-bond donors (Lipinski definition) is 2. The molecule has 0 aromatic carbocycles. The average Bonchev–Trinajstić information content (AvgIpc) is 2.58. The molecule has 2 fully saturated rings. The van der Waals surface area contributed by atoms with Crippen LogP contribution in [0.25, 0.3) is 0 Å². The lowest BCUT2D eigenvalue weighted by molar-refractivity contribution is -0.118. The Morgan fingerprint density at radius 1 is 1.42 bits per heavy atom. The molecule has 3 amide bonds. The molecule has 0 aliphatic carbocycles. The van der Waals surface area contributed by atoms with Crippen molar-refractivity contribution in [3.8, 4) is 0 Å². The Morgan fingerprint density at radius 3 is 2.75 bits per heavy atom. The van der Waals surface area contributed by atoms with Crippen molar-refractivity contribution in [3.05, 3.63) is 0 Å². The van der Waals surface area contributed by atoms with Gasteiger partial charge in [0.25, 0.3) is 0 Å². The van der Waals surface area contributed by atoms with Gasteiger partial charge in [-0.1, -0.05) is 0 Å². The van der Waals surface area contributed by atoms with E-state index in [1.165, 1.54) is 0 Å². The number of nitrogens with one attached hydrogen (secondary N) is 2. The van der Waals surface area contributed by atoms with Crippen molar-refractivity contribution in [2.45, 2.75) is 12.5 Å². The van der Waals surface area contributed by atoms with Crippen LogP contribution in [0.4, 0.5) is 4.79 Å². The summed E-state index contributed by atoms with van der Waals surface area (Å²) in [5.74, 6) is -0.188. The van der Waals surface area contributed by atoms with E-state index >= 15 is 0 Å². The van der Waals surface area contributed by atoms with Crippen molar-refractivity contribution in [1.82, 2.24) is 15.5 Å². The summed E-state index contributed by atoms with van der Waals surface area (Å²) in [6, 6.07) is -0.0369. The average molecular weight is 169 g/mol. The molecule has 1 unspecified atom stereocenters. The van der Waals surface area contributed by atoms with Gasteiger partial charge in [0.05, 0.1) is 0 Å². The summed E-state index contributed by atoms with van der Waals surface area (Å²) in [5, 5.41) is 5.42. The number of hydrogen-bond acceptors (Lipinski definition) is 3. The van der Waals surface area contributed by atoms with Crippen LogP contribution in [0.2, 0.25) is 0 Å². The molecule has 66 valence electrons. The lowest BCUT2D eigenvalue weighted by Gasteiger charge is -2.19. The molecule has 2 rings (SSSR count). The third-order valence-corrected chi connectivity index (χ3v) is 2.30. The zero-order valence-electron chi connectivity index (χ0n) is 6.67. The van der Waals surface area contributed by atoms with Crippen LogP contribution in [0.5, 0.6) is 0 Å². The van der Waals surface area contributed by atoms with E-state index in [1.807, 2.05) is 0 Å². The van der Waals surface area contributed by atoms with Crippen LogP contribution in [-0.4, -0.2) is 42.5 Å². The van der Waals surface area contributed by atoms with Gasteiger partial charge < -0.3 is 10.2 Å². The Hall–Kier alpha value is -1.10. The third-order valence-electron chi connectivity index (χ3n) is 2.30. The molecule has 0 saturated carbocycles. The zero-order valence-corrected chi connectivity index (χ0v) is 6.67.